The van der Waals surface area contributed by atoms with Gasteiger partial charge >= 0.3 is 0 Å². The molecule has 0 saturated heterocycles. The number of aliphatic imine (C=N–C) groups is 1. The van der Waals surface area contributed by atoms with Crippen LogP contribution in [0.2, 0.25) is 0 Å². The maximum absolute atomic E-state index is 5.07. The summed E-state index contributed by atoms with van der Waals surface area (Å²) >= 11 is 9.26. The molecule has 0 bridgehead atoms. The number of hydrogen-bond donors (Lipinski definition) is 1. The number of allylic oxidation sites excluding steroid dienone is 4. The van der Waals surface area contributed by atoms with Gasteiger partial charge in [-0.05, 0) is 20.3 Å². The molecule has 0 aliphatic heterocycles. The second-order valence-corrected chi connectivity index (χ2v) is 3.13. The van der Waals surface area contributed by atoms with E-state index in [1.165, 1.54) is 0 Å². The molecule has 0 aromatic heterocycles. The fourth-order valence-corrected chi connectivity index (χ4v) is 0.624. The monoisotopic (exact) mass is 231 g/mol. The minimum atomic E-state index is 0.556. The molecule has 0 saturated carbocycles. The van der Waals surface area contributed by atoms with Gasteiger partial charge in [0.05, 0.1) is 0 Å². The van der Waals surface area contributed by atoms with E-state index in [0.717, 1.165) is 11.3 Å². The molecule has 0 aliphatic rings. The molecule has 0 N–H and O–H groups in total. The Hall–Kier alpha value is -0.470. The van der Waals surface area contributed by atoms with Crippen LogP contribution < -0.4 is 0 Å². The lowest BCUT2D eigenvalue weighted by molar-refractivity contribution is 1.32. The molecular weight excluding hydrogens is 214 g/mol. The summed E-state index contributed by atoms with van der Waals surface area (Å²) in [7, 11) is 0. The van der Waals surface area contributed by atoms with Gasteiger partial charge in [-0.3, -0.25) is 4.99 Å². The number of nitrogens with zero attached hydrogens (tertiary/aromatic N) is 1. The highest BCUT2D eigenvalue weighted by molar-refractivity contribution is 7.84. The fraction of sp³-hybridized carbons (Fsp3) is 0.364. The Morgan fingerprint density at radius 2 is 2.07 bits per heavy atom. The summed E-state index contributed by atoms with van der Waals surface area (Å²) in [5.41, 5.74) is 0. The van der Waals surface area contributed by atoms with Crippen molar-refractivity contribution in [3.05, 3.63) is 35.9 Å². The Kier molecular flexibility index (Phi) is 17.1. The normalized spacial score (nSPS) is 11.6. The van der Waals surface area contributed by atoms with Crippen LogP contribution in [0.4, 0.5) is 0 Å². The van der Waals surface area contributed by atoms with Crippen LogP contribution in [0.15, 0.2) is 40.9 Å². The van der Waals surface area contributed by atoms with E-state index < -0.39 is 0 Å². The first kappa shape index (κ1) is 16.0. The molecule has 0 aromatic carbocycles. The highest BCUT2D eigenvalue weighted by Gasteiger charge is 1.81. The number of hydrogen-bond acceptors (Lipinski definition) is 2. The molecule has 0 aromatic rings. The van der Waals surface area contributed by atoms with Crippen molar-refractivity contribution in [3.63, 3.8) is 0 Å². The van der Waals surface area contributed by atoms with Crippen molar-refractivity contribution in [1.29, 1.82) is 0 Å². The molecule has 0 unspecified atom stereocenters. The topological polar surface area (TPSA) is 12.4 Å². The molecule has 0 rings (SSSR count). The summed E-state index contributed by atoms with van der Waals surface area (Å²) in [4.78, 5) is 4.91. The van der Waals surface area contributed by atoms with E-state index in [9.17, 15) is 0 Å². The van der Waals surface area contributed by atoms with E-state index in [4.69, 9.17) is 11.6 Å². The zero-order valence-corrected chi connectivity index (χ0v) is 10.4. The standard InChI is InChI=1S/C8H13NS.C3H5Cl/c1-3-5-6-8(10)7-9-4-2;1-2-3-4/h3-5,7,10H,6H2,1-2H3;2H,1,3H2/b5-3+,8-7-,9-4?;. The van der Waals surface area contributed by atoms with Gasteiger partial charge in [0.1, 0.15) is 0 Å². The van der Waals surface area contributed by atoms with Crippen molar-refractivity contribution < 1.29 is 0 Å². The minimum Gasteiger partial charge on any atom is -0.269 e. The van der Waals surface area contributed by atoms with Gasteiger partial charge in [0.25, 0.3) is 0 Å². The first-order valence-electron chi connectivity index (χ1n) is 4.36. The van der Waals surface area contributed by atoms with Crippen LogP contribution in [0.3, 0.4) is 0 Å². The Balaban J connectivity index is 0. The first-order valence-corrected chi connectivity index (χ1v) is 5.34. The van der Waals surface area contributed by atoms with E-state index in [0.29, 0.717) is 5.88 Å². The predicted octanol–water partition coefficient (Wildman–Crippen LogP) is 4.23. The van der Waals surface area contributed by atoms with Crippen LogP contribution in [0, 0.1) is 0 Å². The number of thiol groups is 1. The molecule has 0 radical (unpaired) electrons. The Bertz CT molecular complexity index is 207. The quantitative estimate of drug-likeness (QED) is 0.322. The molecule has 0 atom stereocenters. The van der Waals surface area contributed by atoms with Crippen LogP contribution in [-0.4, -0.2) is 12.1 Å². The van der Waals surface area contributed by atoms with Crippen LogP contribution >= 0.6 is 24.2 Å². The maximum atomic E-state index is 5.07. The van der Waals surface area contributed by atoms with Crippen LogP contribution in [0.5, 0.6) is 0 Å². The van der Waals surface area contributed by atoms with Gasteiger partial charge in [0.2, 0.25) is 0 Å². The molecule has 1 nitrogen and oxygen atoms in total. The van der Waals surface area contributed by atoms with E-state index in [1.807, 2.05) is 26.0 Å². The third-order valence-electron chi connectivity index (χ3n) is 1.04. The number of alkyl halides is 1. The van der Waals surface area contributed by atoms with Gasteiger partial charge in [-0.1, -0.05) is 18.2 Å². The second-order valence-electron chi connectivity index (χ2n) is 2.24. The number of halogens is 1. The van der Waals surface area contributed by atoms with Crippen molar-refractivity contribution in [2.24, 2.45) is 4.99 Å². The summed E-state index contributed by atoms with van der Waals surface area (Å²) in [5, 5.41) is 0. The summed E-state index contributed by atoms with van der Waals surface area (Å²) in [5.74, 6) is 0.556. The van der Waals surface area contributed by atoms with Crippen molar-refractivity contribution in [2.75, 3.05) is 5.88 Å². The average Bonchev–Trinajstić information content (AvgIpc) is 2.23. The molecule has 3 heteroatoms. The zero-order chi connectivity index (χ0) is 11.2. The van der Waals surface area contributed by atoms with Crippen molar-refractivity contribution >= 4 is 30.4 Å². The van der Waals surface area contributed by atoms with Crippen molar-refractivity contribution in [2.45, 2.75) is 20.3 Å². The fourth-order valence-electron chi connectivity index (χ4n) is 0.452. The van der Waals surface area contributed by atoms with Gasteiger partial charge in [-0.25, -0.2) is 0 Å². The van der Waals surface area contributed by atoms with Gasteiger partial charge in [-0.2, -0.15) is 0 Å². The SMILES string of the molecule is C=CCCl.CC=N/C=C(\S)C/C=C/C. The van der Waals surface area contributed by atoms with E-state index in [1.54, 1.807) is 18.5 Å². The summed E-state index contributed by atoms with van der Waals surface area (Å²) in [6, 6.07) is 0. The highest BCUT2D eigenvalue weighted by Crippen LogP contribution is 2.06. The van der Waals surface area contributed by atoms with E-state index in [2.05, 4.69) is 24.2 Å². The van der Waals surface area contributed by atoms with Crippen LogP contribution in [0.1, 0.15) is 20.3 Å². The maximum Gasteiger partial charge on any atom is 0.0401 e. The van der Waals surface area contributed by atoms with E-state index in [-0.39, 0.29) is 0 Å². The molecule has 0 heterocycles. The largest absolute Gasteiger partial charge is 0.269 e. The molecule has 0 fully saturated rings. The highest BCUT2D eigenvalue weighted by atomic mass is 35.5. The Labute approximate surface area is 97.7 Å². The predicted molar refractivity (Wildman–Crippen MR) is 71.6 cm³/mol. The van der Waals surface area contributed by atoms with Crippen LogP contribution in [0.25, 0.3) is 0 Å². The third kappa shape index (κ3) is 17.6. The summed E-state index contributed by atoms with van der Waals surface area (Å²) in [6.45, 7) is 7.22. The van der Waals surface area contributed by atoms with Gasteiger partial charge < -0.3 is 0 Å². The van der Waals surface area contributed by atoms with Gasteiger partial charge in [-0.15, -0.1) is 30.8 Å². The lowest BCUT2D eigenvalue weighted by Gasteiger charge is -1.88. The third-order valence-corrected chi connectivity index (χ3v) is 1.56. The van der Waals surface area contributed by atoms with Crippen molar-refractivity contribution in [3.8, 4) is 0 Å². The smallest absolute Gasteiger partial charge is 0.0401 e. The lowest BCUT2D eigenvalue weighted by atomic mass is 10.4. The van der Waals surface area contributed by atoms with Gasteiger partial charge in [0, 0.05) is 23.2 Å². The van der Waals surface area contributed by atoms with Crippen LogP contribution in [-0.2, 0) is 0 Å². The van der Waals surface area contributed by atoms with E-state index >= 15 is 0 Å². The first-order chi connectivity index (χ1) is 6.72. The lowest BCUT2D eigenvalue weighted by Crippen LogP contribution is -1.67. The Morgan fingerprint density at radius 1 is 1.50 bits per heavy atom. The summed E-state index contributed by atoms with van der Waals surface area (Å²) < 4.78 is 0. The second kappa shape index (κ2) is 15.0. The molecule has 0 spiro atoms. The molecular formula is C11H18ClNS. The van der Waals surface area contributed by atoms with Gasteiger partial charge in [0.15, 0.2) is 0 Å². The zero-order valence-electron chi connectivity index (χ0n) is 8.78. The van der Waals surface area contributed by atoms with Crippen molar-refractivity contribution in [1.82, 2.24) is 0 Å². The molecule has 14 heavy (non-hydrogen) atoms. The Morgan fingerprint density at radius 3 is 2.43 bits per heavy atom. The molecule has 0 aliphatic carbocycles. The minimum absolute atomic E-state index is 0.556. The summed E-state index contributed by atoms with van der Waals surface area (Å²) in [6.07, 6.45) is 10.1. The molecule has 80 valence electrons. The number of rotatable bonds is 4. The molecule has 0 amide bonds. The average molecular weight is 232 g/mol.